The van der Waals surface area contributed by atoms with Gasteiger partial charge in [-0.2, -0.15) is 10.4 Å². The zero-order valence-electron chi connectivity index (χ0n) is 12.4. The van der Waals surface area contributed by atoms with Crippen molar-refractivity contribution in [1.29, 1.82) is 5.26 Å². The first-order chi connectivity index (χ1) is 10.6. The van der Waals surface area contributed by atoms with E-state index in [2.05, 4.69) is 16.2 Å². The Bertz CT molecular complexity index is 872. The summed E-state index contributed by atoms with van der Waals surface area (Å²) in [6, 6.07) is 12.0. The van der Waals surface area contributed by atoms with Gasteiger partial charge in [0.05, 0.1) is 11.9 Å². The molecular formula is C17H15N5. The number of pyridine rings is 1. The van der Waals surface area contributed by atoms with Crippen molar-refractivity contribution in [3.05, 3.63) is 53.9 Å². The van der Waals surface area contributed by atoms with Crippen LogP contribution in [0.1, 0.15) is 11.1 Å². The Morgan fingerprint density at radius 1 is 1.18 bits per heavy atom. The summed E-state index contributed by atoms with van der Waals surface area (Å²) in [5, 5.41) is 13.6. The highest BCUT2D eigenvalue weighted by Gasteiger charge is 2.18. The summed E-state index contributed by atoms with van der Waals surface area (Å²) in [6.07, 6.45) is 3.61. The number of nitrogen functional groups attached to an aromatic ring is 1. The van der Waals surface area contributed by atoms with Gasteiger partial charge in [-0.3, -0.25) is 4.68 Å². The minimum Gasteiger partial charge on any atom is -0.383 e. The number of nitriles is 1. The average molecular weight is 289 g/mol. The predicted octanol–water partition coefficient (Wildman–Crippen LogP) is 2.91. The van der Waals surface area contributed by atoms with E-state index in [-0.39, 0.29) is 5.82 Å². The normalized spacial score (nSPS) is 10.4. The van der Waals surface area contributed by atoms with E-state index < -0.39 is 0 Å². The maximum Gasteiger partial charge on any atom is 0.142 e. The zero-order valence-corrected chi connectivity index (χ0v) is 12.4. The lowest BCUT2D eigenvalue weighted by Gasteiger charge is -2.13. The van der Waals surface area contributed by atoms with Crippen molar-refractivity contribution in [2.75, 3.05) is 5.73 Å². The van der Waals surface area contributed by atoms with E-state index in [1.807, 2.05) is 50.5 Å². The fraction of sp³-hybridized carbons (Fsp3) is 0.118. The molecule has 2 aromatic heterocycles. The van der Waals surface area contributed by atoms with Crippen LogP contribution in [0.4, 0.5) is 5.82 Å². The monoisotopic (exact) mass is 289 g/mol. The lowest BCUT2D eigenvalue weighted by atomic mass is 9.94. The van der Waals surface area contributed by atoms with Crippen molar-refractivity contribution in [3.63, 3.8) is 0 Å². The highest BCUT2D eigenvalue weighted by atomic mass is 15.2. The fourth-order valence-electron chi connectivity index (χ4n) is 2.60. The van der Waals surface area contributed by atoms with Crippen LogP contribution in [0.5, 0.6) is 0 Å². The van der Waals surface area contributed by atoms with E-state index in [4.69, 9.17) is 5.73 Å². The minimum absolute atomic E-state index is 0.241. The van der Waals surface area contributed by atoms with Crippen LogP contribution in [0.15, 0.2) is 42.7 Å². The summed E-state index contributed by atoms with van der Waals surface area (Å²) >= 11 is 0. The number of aryl methyl sites for hydroxylation is 1. The molecule has 0 radical (unpaired) electrons. The summed E-state index contributed by atoms with van der Waals surface area (Å²) in [6.45, 7) is 1.96. The molecule has 0 spiro atoms. The predicted molar refractivity (Wildman–Crippen MR) is 85.7 cm³/mol. The van der Waals surface area contributed by atoms with Crippen LogP contribution < -0.4 is 5.73 Å². The molecule has 5 heteroatoms. The lowest BCUT2D eigenvalue weighted by Crippen LogP contribution is -2.03. The molecule has 108 valence electrons. The molecule has 0 saturated carbocycles. The Labute approximate surface area is 128 Å². The molecule has 0 bridgehead atoms. The second-order valence-corrected chi connectivity index (χ2v) is 5.10. The van der Waals surface area contributed by atoms with Crippen LogP contribution in [0.2, 0.25) is 0 Å². The van der Waals surface area contributed by atoms with E-state index in [1.165, 1.54) is 0 Å². The number of rotatable bonds is 2. The molecule has 5 nitrogen and oxygen atoms in total. The molecule has 0 aliphatic heterocycles. The number of benzene rings is 1. The molecule has 0 amide bonds. The molecule has 22 heavy (non-hydrogen) atoms. The van der Waals surface area contributed by atoms with Gasteiger partial charge in [0, 0.05) is 29.9 Å². The van der Waals surface area contributed by atoms with Crippen LogP contribution in [-0.2, 0) is 7.05 Å². The van der Waals surface area contributed by atoms with Gasteiger partial charge in [0.15, 0.2) is 0 Å². The molecule has 0 aliphatic carbocycles. The summed E-state index contributed by atoms with van der Waals surface area (Å²) in [7, 11) is 1.84. The quantitative estimate of drug-likeness (QED) is 0.786. The third-order valence-electron chi connectivity index (χ3n) is 3.62. The first-order valence-electron chi connectivity index (χ1n) is 6.86. The average Bonchev–Trinajstić information content (AvgIpc) is 2.95. The SMILES string of the molecule is Cc1c(-c2ccccc2)nc(N)c(C#N)c1-c1cnn(C)c1. The Morgan fingerprint density at radius 3 is 2.50 bits per heavy atom. The topological polar surface area (TPSA) is 80.5 Å². The second kappa shape index (κ2) is 5.34. The van der Waals surface area contributed by atoms with E-state index in [0.717, 1.165) is 27.9 Å². The van der Waals surface area contributed by atoms with E-state index in [0.29, 0.717) is 5.56 Å². The number of hydrogen-bond donors (Lipinski definition) is 1. The van der Waals surface area contributed by atoms with Crippen LogP contribution in [0.3, 0.4) is 0 Å². The Kier molecular flexibility index (Phi) is 3.36. The highest BCUT2D eigenvalue weighted by Crippen LogP contribution is 2.35. The number of aromatic nitrogens is 3. The lowest BCUT2D eigenvalue weighted by molar-refractivity contribution is 0.768. The van der Waals surface area contributed by atoms with E-state index in [1.54, 1.807) is 10.9 Å². The van der Waals surface area contributed by atoms with Gasteiger partial charge in [0.1, 0.15) is 17.5 Å². The molecule has 2 heterocycles. The van der Waals surface area contributed by atoms with Gasteiger partial charge in [-0.05, 0) is 12.5 Å². The largest absolute Gasteiger partial charge is 0.383 e. The molecule has 0 atom stereocenters. The summed E-state index contributed by atoms with van der Waals surface area (Å²) in [5.41, 5.74) is 10.8. The van der Waals surface area contributed by atoms with Gasteiger partial charge in [-0.25, -0.2) is 4.98 Å². The van der Waals surface area contributed by atoms with Crippen molar-refractivity contribution in [1.82, 2.24) is 14.8 Å². The summed E-state index contributed by atoms with van der Waals surface area (Å²) in [5.74, 6) is 0.241. The smallest absolute Gasteiger partial charge is 0.142 e. The van der Waals surface area contributed by atoms with E-state index >= 15 is 0 Å². The van der Waals surface area contributed by atoms with Crippen LogP contribution in [0, 0.1) is 18.3 Å². The van der Waals surface area contributed by atoms with Gasteiger partial charge in [-0.15, -0.1) is 0 Å². The van der Waals surface area contributed by atoms with Crippen molar-refractivity contribution in [2.24, 2.45) is 7.05 Å². The maximum absolute atomic E-state index is 9.46. The first kappa shape index (κ1) is 13.8. The van der Waals surface area contributed by atoms with E-state index in [9.17, 15) is 5.26 Å². The first-order valence-corrected chi connectivity index (χ1v) is 6.86. The third-order valence-corrected chi connectivity index (χ3v) is 3.62. The fourth-order valence-corrected chi connectivity index (χ4v) is 2.60. The van der Waals surface area contributed by atoms with Crippen molar-refractivity contribution in [2.45, 2.75) is 6.92 Å². The summed E-state index contributed by atoms with van der Waals surface area (Å²) in [4.78, 5) is 4.43. The summed E-state index contributed by atoms with van der Waals surface area (Å²) < 4.78 is 1.70. The van der Waals surface area contributed by atoms with Crippen LogP contribution in [0.25, 0.3) is 22.4 Å². The van der Waals surface area contributed by atoms with Crippen LogP contribution >= 0.6 is 0 Å². The molecule has 2 N–H and O–H groups in total. The highest BCUT2D eigenvalue weighted by molar-refractivity contribution is 5.83. The molecule has 3 rings (SSSR count). The number of nitrogens with zero attached hydrogens (tertiary/aromatic N) is 4. The standard InChI is InChI=1S/C17H15N5/c1-11-15(13-9-20-22(2)10-13)14(8-18)17(19)21-16(11)12-6-4-3-5-7-12/h3-7,9-10H,1-2H3,(H2,19,21). The molecule has 0 aliphatic rings. The van der Waals surface area contributed by atoms with Gasteiger partial charge < -0.3 is 5.73 Å². The Hall–Kier alpha value is -3.13. The van der Waals surface area contributed by atoms with Crippen molar-refractivity contribution < 1.29 is 0 Å². The number of nitrogens with two attached hydrogens (primary N) is 1. The molecule has 1 aromatic carbocycles. The number of anilines is 1. The molecule has 3 aromatic rings. The number of hydrogen-bond acceptors (Lipinski definition) is 4. The molecular weight excluding hydrogens is 274 g/mol. The second-order valence-electron chi connectivity index (χ2n) is 5.10. The van der Waals surface area contributed by atoms with Gasteiger partial charge in [0.25, 0.3) is 0 Å². The molecule has 0 unspecified atom stereocenters. The Morgan fingerprint density at radius 2 is 1.91 bits per heavy atom. The van der Waals surface area contributed by atoms with Gasteiger partial charge in [-0.1, -0.05) is 30.3 Å². The minimum atomic E-state index is 0.241. The third kappa shape index (κ3) is 2.21. The maximum atomic E-state index is 9.46. The molecule has 0 saturated heterocycles. The van der Waals surface area contributed by atoms with Crippen molar-refractivity contribution in [3.8, 4) is 28.5 Å². The van der Waals surface area contributed by atoms with Gasteiger partial charge in [0.2, 0.25) is 0 Å². The Balaban J connectivity index is 2.33. The molecule has 0 fully saturated rings. The van der Waals surface area contributed by atoms with Crippen LogP contribution in [-0.4, -0.2) is 14.8 Å². The van der Waals surface area contributed by atoms with Crippen molar-refractivity contribution >= 4 is 5.82 Å². The zero-order chi connectivity index (χ0) is 15.7. The van der Waals surface area contributed by atoms with Gasteiger partial charge >= 0.3 is 0 Å².